The lowest BCUT2D eigenvalue weighted by Gasteiger charge is -2.08. The van der Waals surface area contributed by atoms with Crippen LogP contribution >= 0.6 is 0 Å². The zero-order valence-electron chi connectivity index (χ0n) is 10.0. The first-order valence-corrected chi connectivity index (χ1v) is 5.59. The predicted octanol–water partition coefficient (Wildman–Crippen LogP) is 2.10. The SMILES string of the molecule is COc1ccc(O)c([C@H]2[C@H](CN)C2(C)C)c1. The number of rotatable bonds is 3. The number of aromatic hydroxyl groups is 1. The number of phenols is 1. The zero-order valence-corrected chi connectivity index (χ0v) is 10.0. The Hall–Kier alpha value is -1.22. The van der Waals surface area contributed by atoms with Gasteiger partial charge in [-0.25, -0.2) is 0 Å². The molecule has 0 heterocycles. The Morgan fingerprint density at radius 3 is 2.62 bits per heavy atom. The first-order valence-electron chi connectivity index (χ1n) is 5.59. The monoisotopic (exact) mass is 221 g/mol. The summed E-state index contributed by atoms with van der Waals surface area (Å²) in [4.78, 5) is 0. The largest absolute Gasteiger partial charge is 0.508 e. The van der Waals surface area contributed by atoms with E-state index in [1.807, 2.05) is 6.07 Å². The van der Waals surface area contributed by atoms with Crippen molar-refractivity contribution in [3.63, 3.8) is 0 Å². The zero-order chi connectivity index (χ0) is 11.9. The Morgan fingerprint density at radius 1 is 1.44 bits per heavy atom. The quantitative estimate of drug-likeness (QED) is 0.821. The van der Waals surface area contributed by atoms with Gasteiger partial charge in [0.15, 0.2) is 0 Å². The van der Waals surface area contributed by atoms with E-state index in [1.165, 1.54) is 0 Å². The molecule has 0 aliphatic heterocycles. The number of hydrogen-bond acceptors (Lipinski definition) is 3. The van der Waals surface area contributed by atoms with Gasteiger partial charge in [0, 0.05) is 5.56 Å². The average Bonchev–Trinajstić information content (AvgIpc) is 2.81. The maximum absolute atomic E-state index is 9.89. The van der Waals surface area contributed by atoms with Gasteiger partial charge in [-0.3, -0.25) is 0 Å². The summed E-state index contributed by atoms with van der Waals surface area (Å²) in [5, 5.41) is 9.89. The van der Waals surface area contributed by atoms with Crippen LogP contribution in [0.2, 0.25) is 0 Å². The number of ether oxygens (including phenoxy) is 1. The highest BCUT2D eigenvalue weighted by molar-refractivity contribution is 5.46. The van der Waals surface area contributed by atoms with Crippen LogP contribution in [-0.2, 0) is 0 Å². The molecule has 0 radical (unpaired) electrons. The van der Waals surface area contributed by atoms with E-state index < -0.39 is 0 Å². The fraction of sp³-hybridized carbons (Fsp3) is 0.538. The second-order valence-corrected chi connectivity index (χ2v) is 5.07. The molecule has 0 bridgehead atoms. The Labute approximate surface area is 96.2 Å². The van der Waals surface area contributed by atoms with Gasteiger partial charge in [0.05, 0.1) is 7.11 Å². The third-order valence-electron chi connectivity index (χ3n) is 3.87. The second kappa shape index (κ2) is 3.67. The van der Waals surface area contributed by atoms with E-state index in [1.54, 1.807) is 19.2 Å². The van der Waals surface area contributed by atoms with Crippen molar-refractivity contribution >= 4 is 0 Å². The van der Waals surface area contributed by atoms with Gasteiger partial charge in [-0.1, -0.05) is 13.8 Å². The Balaban J connectivity index is 2.35. The first-order chi connectivity index (χ1) is 7.52. The van der Waals surface area contributed by atoms with Crippen LogP contribution in [0.4, 0.5) is 0 Å². The van der Waals surface area contributed by atoms with Crippen molar-refractivity contribution in [3.05, 3.63) is 23.8 Å². The number of hydrogen-bond donors (Lipinski definition) is 2. The van der Waals surface area contributed by atoms with E-state index in [-0.39, 0.29) is 5.41 Å². The van der Waals surface area contributed by atoms with E-state index >= 15 is 0 Å². The van der Waals surface area contributed by atoms with Crippen LogP contribution in [0.25, 0.3) is 0 Å². The number of nitrogens with two attached hydrogens (primary N) is 1. The normalized spacial score (nSPS) is 26.5. The molecule has 2 atom stereocenters. The number of benzene rings is 1. The summed E-state index contributed by atoms with van der Waals surface area (Å²) in [6, 6.07) is 5.37. The third kappa shape index (κ3) is 1.55. The summed E-state index contributed by atoms with van der Waals surface area (Å²) in [5.41, 5.74) is 6.88. The summed E-state index contributed by atoms with van der Waals surface area (Å²) in [5.74, 6) is 1.92. The molecule has 1 aromatic rings. The Kier molecular flexibility index (Phi) is 2.58. The lowest BCUT2D eigenvalue weighted by atomic mass is 10.0. The molecule has 3 nitrogen and oxygen atoms in total. The van der Waals surface area contributed by atoms with E-state index in [9.17, 15) is 5.11 Å². The molecule has 1 aliphatic carbocycles. The summed E-state index contributed by atoms with van der Waals surface area (Å²) in [6.45, 7) is 5.04. The summed E-state index contributed by atoms with van der Waals surface area (Å²) < 4.78 is 5.18. The highest BCUT2D eigenvalue weighted by atomic mass is 16.5. The van der Waals surface area contributed by atoms with Gasteiger partial charge in [-0.15, -0.1) is 0 Å². The summed E-state index contributed by atoms with van der Waals surface area (Å²) in [7, 11) is 1.63. The first kappa shape index (κ1) is 11.3. The molecule has 3 N–H and O–H groups in total. The minimum atomic E-state index is 0.179. The predicted molar refractivity (Wildman–Crippen MR) is 63.7 cm³/mol. The summed E-state index contributed by atoms with van der Waals surface area (Å²) >= 11 is 0. The fourth-order valence-corrected chi connectivity index (χ4v) is 2.71. The van der Waals surface area contributed by atoms with Crippen LogP contribution in [0.5, 0.6) is 11.5 Å². The van der Waals surface area contributed by atoms with E-state index in [0.717, 1.165) is 11.3 Å². The standard InChI is InChI=1S/C13H19NO2/c1-13(2)10(7-14)12(13)9-6-8(16-3)4-5-11(9)15/h4-6,10,12,15H,7,14H2,1-3H3/t10-,12-/m0/s1. The van der Waals surface area contributed by atoms with Crippen molar-refractivity contribution in [1.29, 1.82) is 0 Å². The van der Waals surface area contributed by atoms with Gasteiger partial charge in [0.2, 0.25) is 0 Å². The number of phenolic OH excluding ortho intramolecular Hbond substituents is 1. The highest BCUT2D eigenvalue weighted by Gasteiger charge is 2.58. The maximum atomic E-state index is 9.89. The molecule has 1 saturated carbocycles. The molecule has 0 unspecified atom stereocenters. The average molecular weight is 221 g/mol. The molecule has 3 heteroatoms. The lowest BCUT2D eigenvalue weighted by Crippen LogP contribution is -2.05. The van der Waals surface area contributed by atoms with Crippen molar-refractivity contribution in [3.8, 4) is 11.5 Å². The number of methoxy groups -OCH3 is 1. The minimum Gasteiger partial charge on any atom is -0.508 e. The molecule has 88 valence electrons. The highest BCUT2D eigenvalue weighted by Crippen LogP contribution is 2.65. The second-order valence-electron chi connectivity index (χ2n) is 5.07. The van der Waals surface area contributed by atoms with Gasteiger partial charge in [0.25, 0.3) is 0 Å². The van der Waals surface area contributed by atoms with Gasteiger partial charge < -0.3 is 15.6 Å². The Morgan fingerprint density at radius 2 is 2.12 bits per heavy atom. The van der Waals surface area contributed by atoms with Gasteiger partial charge in [-0.05, 0) is 42.0 Å². The van der Waals surface area contributed by atoms with Gasteiger partial charge in [-0.2, -0.15) is 0 Å². The Bertz CT molecular complexity index is 401. The van der Waals surface area contributed by atoms with Gasteiger partial charge >= 0.3 is 0 Å². The smallest absolute Gasteiger partial charge is 0.119 e. The molecule has 1 aromatic carbocycles. The van der Waals surface area contributed by atoms with Crippen LogP contribution in [0.3, 0.4) is 0 Å². The molecular formula is C13H19NO2. The van der Waals surface area contributed by atoms with Crippen molar-refractivity contribution in [2.45, 2.75) is 19.8 Å². The van der Waals surface area contributed by atoms with E-state index in [4.69, 9.17) is 10.5 Å². The molecule has 0 saturated heterocycles. The molecule has 0 amide bonds. The molecule has 16 heavy (non-hydrogen) atoms. The van der Waals surface area contributed by atoms with Crippen molar-refractivity contribution in [2.24, 2.45) is 17.1 Å². The van der Waals surface area contributed by atoms with Crippen LogP contribution in [0, 0.1) is 11.3 Å². The van der Waals surface area contributed by atoms with E-state index in [0.29, 0.717) is 24.1 Å². The lowest BCUT2D eigenvalue weighted by molar-refractivity contribution is 0.410. The molecular weight excluding hydrogens is 202 g/mol. The van der Waals surface area contributed by atoms with E-state index in [2.05, 4.69) is 13.8 Å². The van der Waals surface area contributed by atoms with Crippen LogP contribution in [-0.4, -0.2) is 18.8 Å². The topological polar surface area (TPSA) is 55.5 Å². The van der Waals surface area contributed by atoms with Crippen LogP contribution in [0.1, 0.15) is 25.3 Å². The maximum Gasteiger partial charge on any atom is 0.119 e. The molecule has 1 fully saturated rings. The minimum absolute atomic E-state index is 0.179. The van der Waals surface area contributed by atoms with Crippen LogP contribution in [0.15, 0.2) is 18.2 Å². The third-order valence-corrected chi connectivity index (χ3v) is 3.87. The van der Waals surface area contributed by atoms with Crippen molar-refractivity contribution in [1.82, 2.24) is 0 Å². The molecule has 0 aromatic heterocycles. The molecule has 0 spiro atoms. The molecule has 1 aliphatic rings. The van der Waals surface area contributed by atoms with Crippen LogP contribution < -0.4 is 10.5 Å². The van der Waals surface area contributed by atoms with Crippen molar-refractivity contribution in [2.75, 3.05) is 13.7 Å². The molecule has 2 rings (SSSR count). The van der Waals surface area contributed by atoms with Gasteiger partial charge in [0.1, 0.15) is 11.5 Å². The fourth-order valence-electron chi connectivity index (χ4n) is 2.71. The summed E-state index contributed by atoms with van der Waals surface area (Å²) in [6.07, 6.45) is 0. The van der Waals surface area contributed by atoms with Crippen molar-refractivity contribution < 1.29 is 9.84 Å².